The molecule has 8 heteroatoms. The maximum atomic E-state index is 12.4. The van der Waals surface area contributed by atoms with Gasteiger partial charge in [-0.25, -0.2) is 0 Å². The van der Waals surface area contributed by atoms with Crippen LogP contribution in [0.2, 0.25) is 0 Å². The van der Waals surface area contributed by atoms with Crippen LogP contribution in [0.5, 0.6) is 11.5 Å². The topological polar surface area (TPSA) is 68.8 Å². The smallest absolute Gasteiger partial charge is 0.257 e. The number of carbonyl (C=O) groups is 1. The molecule has 6 nitrogen and oxygen atoms in total. The monoisotopic (exact) mass is 500 g/mol. The minimum absolute atomic E-state index is 0.187. The van der Waals surface area contributed by atoms with Gasteiger partial charge in [-0.15, -0.1) is 0 Å². The van der Waals surface area contributed by atoms with Crippen molar-refractivity contribution in [1.82, 2.24) is 5.32 Å². The van der Waals surface area contributed by atoms with E-state index in [1.54, 1.807) is 25.3 Å². The van der Waals surface area contributed by atoms with Crippen molar-refractivity contribution in [2.24, 2.45) is 0 Å². The van der Waals surface area contributed by atoms with E-state index in [0.717, 1.165) is 3.57 Å². The number of amides is 1. The molecule has 2 N–H and O–H groups in total. The van der Waals surface area contributed by atoms with Gasteiger partial charge in [0.1, 0.15) is 18.1 Å². The van der Waals surface area contributed by atoms with E-state index in [0.29, 0.717) is 42.6 Å². The Hall–Kier alpha value is -1.91. The van der Waals surface area contributed by atoms with Crippen LogP contribution in [0.25, 0.3) is 0 Å². The van der Waals surface area contributed by atoms with Crippen LogP contribution in [0, 0.1) is 3.57 Å². The van der Waals surface area contributed by atoms with Gasteiger partial charge < -0.3 is 19.5 Å². The van der Waals surface area contributed by atoms with Crippen LogP contribution in [-0.2, 0) is 4.74 Å². The number of benzene rings is 2. The van der Waals surface area contributed by atoms with Crippen molar-refractivity contribution >= 4 is 51.5 Å². The minimum atomic E-state index is -0.303. The van der Waals surface area contributed by atoms with Crippen molar-refractivity contribution in [3.05, 3.63) is 51.6 Å². The van der Waals surface area contributed by atoms with Crippen molar-refractivity contribution in [3.63, 3.8) is 0 Å². The quantitative estimate of drug-likeness (QED) is 0.326. The molecule has 1 amide bonds. The van der Waals surface area contributed by atoms with Gasteiger partial charge >= 0.3 is 0 Å². The molecule has 27 heavy (non-hydrogen) atoms. The van der Waals surface area contributed by atoms with Crippen molar-refractivity contribution in [2.45, 2.75) is 6.92 Å². The van der Waals surface area contributed by atoms with E-state index in [1.165, 1.54) is 0 Å². The number of thiocarbonyl (C=S) groups is 1. The normalized spacial score (nSPS) is 10.2. The number of para-hydroxylation sites is 2. The molecule has 2 rings (SSSR count). The molecule has 144 valence electrons. The molecule has 0 aliphatic carbocycles. The molecule has 0 atom stereocenters. The molecule has 0 unspecified atom stereocenters. The summed E-state index contributed by atoms with van der Waals surface area (Å²) in [6, 6.07) is 12.5. The van der Waals surface area contributed by atoms with Crippen molar-refractivity contribution in [3.8, 4) is 11.5 Å². The summed E-state index contributed by atoms with van der Waals surface area (Å²) in [5.41, 5.74) is 1.16. The summed E-state index contributed by atoms with van der Waals surface area (Å²) in [5.74, 6) is 1.04. The van der Waals surface area contributed by atoms with E-state index in [1.807, 2.05) is 31.2 Å². The molecule has 2 aromatic rings. The second-order valence-electron chi connectivity index (χ2n) is 5.30. The molecule has 0 saturated carbocycles. The van der Waals surface area contributed by atoms with Gasteiger partial charge in [0, 0.05) is 12.2 Å². The summed E-state index contributed by atoms with van der Waals surface area (Å²) in [4.78, 5) is 12.4. The molecule has 0 fully saturated rings. The van der Waals surface area contributed by atoms with E-state index in [9.17, 15) is 4.79 Å². The Bertz CT molecular complexity index is 801. The zero-order valence-corrected chi connectivity index (χ0v) is 18.1. The summed E-state index contributed by atoms with van der Waals surface area (Å²) in [5, 5.41) is 5.85. The molecule has 2 aromatic carbocycles. The van der Waals surface area contributed by atoms with Gasteiger partial charge in [0.2, 0.25) is 0 Å². The van der Waals surface area contributed by atoms with Gasteiger partial charge in [-0.3, -0.25) is 10.1 Å². The second-order valence-corrected chi connectivity index (χ2v) is 6.87. The molecule has 0 aliphatic heterocycles. The summed E-state index contributed by atoms with van der Waals surface area (Å²) >= 11 is 7.37. The number of ether oxygens (including phenoxy) is 3. The van der Waals surface area contributed by atoms with E-state index in [4.69, 9.17) is 26.4 Å². The highest BCUT2D eigenvalue weighted by molar-refractivity contribution is 14.1. The molecule has 0 heterocycles. The number of hydrogen-bond donors (Lipinski definition) is 2. The van der Waals surface area contributed by atoms with Gasteiger partial charge in [-0.2, -0.15) is 0 Å². The molecular formula is C19H21IN2O4S. The van der Waals surface area contributed by atoms with Crippen molar-refractivity contribution < 1.29 is 19.0 Å². The van der Waals surface area contributed by atoms with Gasteiger partial charge in [0.15, 0.2) is 5.11 Å². The Morgan fingerprint density at radius 1 is 1.15 bits per heavy atom. The van der Waals surface area contributed by atoms with E-state index in [2.05, 4.69) is 33.2 Å². The third kappa shape index (κ3) is 6.64. The predicted octanol–water partition coefficient (Wildman–Crippen LogP) is 3.84. The minimum Gasteiger partial charge on any atom is -0.496 e. The first-order valence-electron chi connectivity index (χ1n) is 8.30. The fourth-order valence-electron chi connectivity index (χ4n) is 2.19. The third-order valence-electron chi connectivity index (χ3n) is 3.47. The van der Waals surface area contributed by atoms with Gasteiger partial charge in [-0.05, 0) is 72.1 Å². The van der Waals surface area contributed by atoms with Crippen LogP contribution in [0.1, 0.15) is 17.3 Å². The number of anilines is 1. The Morgan fingerprint density at radius 2 is 1.93 bits per heavy atom. The number of rotatable bonds is 8. The van der Waals surface area contributed by atoms with Gasteiger partial charge in [0.25, 0.3) is 5.91 Å². The number of halogens is 1. The average molecular weight is 500 g/mol. The maximum Gasteiger partial charge on any atom is 0.257 e. The Labute approximate surface area is 177 Å². The molecule has 0 aliphatic rings. The SMILES string of the molecule is CCOCCOc1ccccc1NC(=S)NC(=O)c1ccc(OC)c(I)c1. The highest BCUT2D eigenvalue weighted by Gasteiger charge is 2.12. The zero-order valence-electron chi connectivity index (χ0n) is 15.1. The first-order valence-corrected chi connectivity index (χ1v) is 9.79. The lowest BCUT2D eigenvalue weighted by atomic mass is 10.2. The zero-order chi connectivity index (χ0) is 19.6. The number of carbonyl (C=O) groups excluding carboxylic acids is 1. The lowest BCUT2D eigenvalue weighted by Crippen LogP contribution is -2.34. The van der Waals surface area contributed by atoms with Crippen LogP contribution >= 0.6 is 34.8 Å². The molecule has 0 radical (unpaired) electrons. The summed E-state index contributed by atoms with van der Waals surface area (Å²) in [6.45, 7) is 3.50. The van der Waals surface area contributed by atoms with Gasteiger partial charge in [-0.1, -0.05) is 12.1 Å². The number of methoxy groups -OCH3 is 1. The largest absolute Gasteiger partial charge is 0.496 e. The first-order chi connectivity index (χ1) is 13.0. The lowest BCUT2D eigenvalue weighted by Gasteiger charge is -2.14. The fourth-order valence-corrected chi connectivity index (χ4v) is 3.13. The van der Waals surface area contributed by atoms with Crippen LogP contribution < -0.4 is 20.1 Å². The molecule has 0 spiro atoms. The Balaban J connectivity index is 1.97. The van der Waals surface area contributed by atoms with E-state index < -0.39 is 0 Å². The van der Waals surface area contributed by atoms with Crippen LogP contribution in [0.3, 0.4) is 0 Å². The van der Waals surface area contributed by atoms with E-state index in [-0.39, 0.29) is 11.0 Å². The molecule has 0 saturated heterocycles. The molecular weight excluding hydrogens is 479 g/mol. The maximum absolute atomic E-state index is 12.4. The summed E-state index contributed by atoms with van der Waals surface area (Å²) in [6.07, 6.45) is 0. The molecule has 0 bridgehead atoms. The third-order valence-corrected chi connectivity index (χ3v) is 4.51. The Kier molecular flexibility index (Phi) is 8.76. The first kappa shape index (κ1) is 21.4. The van der Waals surface area contributed by atoms with Crippen LogP contribution in [0.15, 0.2) is 42.5 Å². The standard InChI is InChI=1S/C19H21IN2O4S/c1-3-25-10-11-26-17-7-5-4-6-15(17)21-19(27)22-18(23)13-8-9-16(24-2)14(20)12-13/h4-9,12H,3,10-11H2,1-2H3,(H2,21,22,23,27). The van der Waals surface area contributed by atoms with Gasteiger partial charge in [0.05, 0.1) is 23.0 Å². The number of hydrogen-bond acceptors (Lipinski definition) is 5. The van der Waals surface area contributed by atoms with Crippen molar-refractivity contribution in [1.29, 1.82) is 0 Å². The van der Waals surface area contributed by atoms with Crippen LogP contribution in [-0.4, -0.2) is 38.0 Å². The predicted molar refractivity (Wildman–Crippen MR) is 118 cm³/mol. The van der Waals surface area contributed by atoms with Crippen molar-refractivity contribution in [2.75, 3.05) is 32.2 Å². The highest BCUT2D eigenvalue weighted by atomic mass is 127. The van der Waals surface area contributed by atoms with E-state index >= 15 is 0 Å². The Morgan fingerprint density at radius 3 is 2.63 bits per heavy atom. The fraction of sp³-hybridized carbons (Fsp3) is 0.263. The summed E-state index contributed by atoms with van der Waals surface area (Å²) in [7, 11) is 1.59. The van der Waals surface area contributed by atoms with Crippen LogP contribution in [0.4, 0.5) is 5.69 Å². The lowest BCUT2D eigenvalue weighted by molar-refractivity contribution is 0.0977. The molecule has 0 aromatic heterocycles. The highest BCUT2D eigenvalue weighted by Crippen LogP contribution is 2.24. The average Bonchev–Trinajstić information content (AvgIpc) is 2.66. The summed E-state index contributed by atoms with van der Waals surface area (Å²) < 4.78 is 17.0. The second kappa shape index (κ2) is 11.1. The number of nitrogens with one attached hydrogen (secondary N) is 2.